The van der Waals surface area contributed by atoms with Gasteiger partial charge in [-0.25, -0.2) is 0 Å². The predicted octanol–water partition coefficient (Wildman–Crippen LogP) is 2.54. The monoisotopic (exact) mass is 265 g/mol. The molecule has 0 saturated carbocycles. The van der Waals surface area contributed by atoms with E-state index in [1.807, 2.05) is 0 Å². The van der Waals surface area contributed by atoms with E-state index in [9.17, 15) is 14.9 Å². The first kappa shape index (κ1) is 14.9. The second-order valence-electron chi connectivity index (χ2n) is 5.59. The molecular formula is C13H19N3O3. The number of nitro groups is 1. The van der Waals surface area contributed by atoms with Crippen LogP contribution < -0.4 is 11.1 Å². The minimum absolute atomic E-state index is 0.0566. The van der Waals surface area contributed by atoms with E-state index in [1.54, 1.807) is 0 Å². The Bertz CT molecular complexity index is 492. The number of carbonyl (C=O) groups excluding carboxylic acids is 1. The van der Waals surface area contributed by atoms with Crippen molar-refractivity contribution in [2.75, 3.05) is 11.9 Å². The SMILES string of the molecule is CC(C)(C)CCNc1cc(C(N)=O)ccc1[N+](=O)[O-]. The third kappa shape index (κ3) is 4.57. The van der Waals surface area contributed by atoms with Gasteiger partial charge in [-0.2, -0.15) is 0 Å². The Morgan fingerprint density at radius 3 is 2.53 bits per heavy atom. The van der Waals surface area contributed by atoms with E-state index < -0.39 is 10.8 Å². The Morgan fingerprint density at radius 1 is 1.42 bits per heavy atom. The zero-order chi connectivity index (χ0) is 14.6. The molecule has 0 bridgehead atoms. The number of anilines is 1. The topological polar surface area (TPSA) is 98.3 Å². The first-order valence-corrected chi connectivity index (χ1v) is 6.03. The molecule has 0 radical (unpaired) electrons. The molecule has 104 valence electrons. The third-order valence-electron chi connectivity index (χ3n) is 2.67. The molecule has 0 fully saturated rings. The van der Waals surface area contributed by atoms with Gasteiger partial charge >= 0.3 is 0 Å². The zero-order valence-corrected chi connectivity index (χ0v) is 11.4. The number of nitrogens with two attached hydrogens (primary N) is 1. The van der Waals surface area contributed by atoms with Crippen LogP contribution in [-0.4, -0.2) is 17.4 Å². The van der Waals surface area contributed by atoms with E-state index in [4.69, 9.17) is 5.73 Å². The number of hydrogen-bond acceptors (Lipinski definition) is 4. The molecule has 0 aliphatic carbocycles. The molecule has 1 aromatic carbocycles. The number of hydrogen-bond donors (Lipinski definition) is 2. The maximum Gasteiger partial charge on any atom is 0.292 e. The average Bonchev–Trinajstić information content (AvgIpc) is 2.26. The lowest BCUT2D eigenvalue weighted by molar-refractivity contribution is -0.384. The van der Waals surface area contributed by atoms with E-state index in [-0.39, 0.29) is 16.7 Å². The van der Waals surface area contributed by atoms with Gasteiger partial charge in [0.15, 0.2) is 0 Å². The highest BCUT2D eigenvalue weighted by Gasteiger charge is 2.16. The van der Waals surface area contributed by atoms with Crippen molar-refractivity contribution < 1.29 is 9.72 Å². The van der Waals surface area contributed by atoms with E-state index >= 15 is 0 Å². The summed E-state index contributed by atoms with van der Waals surface area (Å²) in [5, 5.41) is 13.9. The summed E-state index contributed by atoms with van der Waals surface area (Å²) in [6.07, 6.45) is 0.852. The van der Waals surface area contributed by atoms with Gasteiger partial charge in [0.05, 0.1) is 4.92 Å². The van der Waals surface area contributed by atoms with Crippen molar-refractivity contribution in [3.63, 3.8) is 0 Å². The molecule has 3 N–H and O–H groups in total. The molecule has 6 heteroatoms. The first-order valence-electron chi connectivity index (χ1n) is 6.03. The normalized spacial score (nSPS) is 11.1. The molecule has 19 heavy (non-hydrogen) atoms. The second kappa shape index (κ2) is 5.69. The number of nitro benzene ring substituents is 1. The smallest absolute Gasteiger partial charge is 0.292 e. The molecule has 1 rings (SSSR count). The van der Waals surface area contributed by atoms with Gasteiger partial charge in [-0.05, 0) is 24.0 Å². The van der Waals surface area contributed by atoms with Gasteiger partial charge in [0, 0.05) is 18.2 Å². The maximum absolute atomic E-state index is 11.1. The Labute approximate surface area is 112 Å². The number of rotatable bonds is 5. The fourth-order valence-corrected chi connectivity index (χ4v) is 1.56. The van der Waals surface area contributed by atoms with Crippen molar-refractivity contribution in [3.05, 3.63) is 33.9 Å². The molecule has 1 amide bonds. The van der Waals surface area contributed by atoms with Gasteiger partial charge in [0.25, 0.3) is 5.69 Å². The highest BCUT2D eigenvalue weighted by molar-refractivity contribution is 5.94. The lowest BCUT2D eigenvalue weighted by atomic mass is 9.92. The summed E-state index contributed by atoms with van der Waals surface area (Å²) >= 11 is 0. The molecule has 0 aliphatic heterocycles. The van der Waals surface area contributed by atoms with Crippen LogP contribution >= 0.6 is 0 Å². The van der Waals surface area contributed by atoms with Crippen LogP contribution in [0.15, 0.2) is 18.2 Å². The fraction of sp³-hybridized carbons (Fsp3) is 0.462. The highest BCUT2D eigenvalue weighted by Crippen LogP contribution is 2.26. The molecule has 0 spiro atoms. The minimum atomic E-state index is -0.603. The molecule has 0 unspecified atom stereocenters. The van der Waals surface area contributed by atoms with Crippen LogP contribution in [-0.2, 0) is 0 Å². The number of amides is 1. The van der Waals surface area contributed by atoms with Gasteiger partial charge in [-0.15, -0.1) is 0 Å². The number of carbonyl (C=O) groups is 1. The number of nitrogens with one attached hydrogen (secondary N) is 1. The van der Waals surface area contributed by atoms with Crippen molar-refractivity contribution in [1.29, 1.82) is 0 Å². The Morgan fingerprint density at radius 2 is 2.05 bits per heavy atom. The summed E-state index contributed by atoms with van der Waals surface area (Å²) in [4.78, 5) is 21.5. The van der Waals surface area contributed by atoms with E-state index in [0.29, 0.717) is 12.2 Å². The summed E-state index contributed by atoms with van der Waals surface area (Å²) < 4.78 is 0. The van der Waals surface area contributed by atoms with Crippen LogP contribution in [0.2, 0.25) is 0 Å². The van der Waals surface area contributed by atoms with Crippen molar-refractivity contribution >= 4 is 17.3 Å². The molecular weight excluding hydrogens is 246 g/mol. The third-order valence-corrected chi connectivity index (χ3v) is 2.67. The summed E-state index contributed by atoms with van der Waals surface area (Å²) in [7, 11) is 0. The van der Waals surface area contributed by atoms with E-state index in [0.717, 1.165) is 6.42 Å². The van der Waals surface area contributed by atoms with E-state index in [1.165, 1.54) is 18.2 Å². The number of nitrogens with zero attached hydrogens (tertiary/aromatic N) is 1. The number of primary amides is 1. The first-order chi connectivity index (χ1) is 8.70. The van der Waals surface area contributed by atoms with Gasteiger partial charge in [-0.3, -0.25) is 14.9 Å². The summed E-state index contributed by atoms with van der Waals surface area (Å²) in [6.45, 7) is 6.85. The number of benzene rings is 1. The zero-order valence-electron chi connectivity index (χ0n) is 11.4. The lowest BCUT2D eigenvalue weighted by Crippen LogP contribution is -2.15. The summed E-state index contributed by atoms with van der Waals surface area (Å²) in [5.41, 5.74) is 5.82. The van der Waals surface area contributed by atoms with Crippen LogP contribution in [0.5, 0.6) is 0 Å². The molecule has 6 nitrogen and oxygen atoms in total. The lowest BCUT2D eigenvalue weighted by Gasteiger charge is -2.18. The van der Waals surface area contributed by atoms with Gasteiger partial charge in [-0.1, -0.05) is 20.8 Å². The summed E-state index contributed by atoms with van der Waals surface area (Å²) in [6, 6.07) is 4.07. The van der Waals surface area contributed by atoms with Gasteiger partial charge < -0.3 is 11.1 Å². The van der Waals surface area contributed by atoms with Crippen LogP contribution in [0.3, 0.4) is 0 Å². The van der Waals surface area contributed by atoms with Crippen molar-refractivity contribution in [2.45, 2.75) is 27.2 Å². The molecule has 0 atom stereocenters. The van der Waals surface area contributed by atoms with Crippen molar-refractivity contribution in [1.82, 2.24) is 0 Å². The Hall–Kier alpha value is -2.11. The maximum atomic E-state index is 11.1. The van der Waals surface area contributed by atoms with Crippen LogP contribution in [0.25, 0.3) is 0 Å². The van der Waals surface area contributed by atoms with Crippen molar-refractivity contribution in [2.24, 2.45) is 11.1 Å². The van der Waals surface area contributed by atoms with Crippen LogP contribution in [0, 0.1) is 15.5 Å². The highest BCUT2D eigenvalue weighted by atomic mass is 16.6. The fourth-order valence-electron chi connectivity index (χ4n) is 1.56. The Balaban J connectivity index is 2.92. The minimum Gasteiger partial charge on any atom is -0.379 e. The van der Waals surface area contributed by atoms with Gasteiger partial charge in [0.1, 0.15) is 5.69 Å². The standard InChI is InChI=1S/C13H19N3O3/c1-13(2,3)6-7-15-10-8-9(12(14)17)4-5-11(10)16(18)19/h4-5,8,15H,6-7H2,1-3H3,(H2,14,17). The van der Waals surface area contributed by atoms with E-state index in [2.05, 4.69) is 26.1 Å². The quantitative estimate of drug-likeness (QED) is 0.631. The van der Waals surface area contributed by atoms with Crippen LogP contribution in [0.1, 0.15) is 37.6 Å². The molecule has 0 aliphatic rings. The molecule has 0 heterocycles. The largest absolute Gasteiger partial charge is 0.379 e. The van der Waals surface area contributed by atoms with Crippen LogP contribution in [0.4, 0.5) is 11.4 Å². The summed E-state index contributed by atoms with van der Waals surface area (Å²) in [5.74, 6) is -0.603. The molecule has 1 aromatic rings. The Kier molecular flexibility index (Phi) is 4.47. The molecule has 0 saturated heterocycles. The van der Waals surface area contributed by atoms with Gasteiger partial charge in [0.2, 0.25) is 5.91 Å². The second-order valence-corrected chi connectivity index (χ2v) is 5.59. The predicted molar refractivity (Wildman–Crippen MR) is 74.2 cm³/mol. The average molecular weight is 265 g/mol. The van der Waals surface area contributed by atoms with Crippen molar-refractivity contribution in [3.8, 4) is 0 Å². The molecule has 0 aromatic heterocycles.